The van der Waals surface area contributed by atoms with Crippen molar-refractivity contribution in [3.8, 4) is 0 Å². The Hall–Kier alpha value is -1.23. The molecule has 0 spiro atoms. The molecule has 0 saturated carbocycles. The summed E-state index contributed by atoms with van der Waals surface area (Å²) in [5.41, 5.74) is 8.76. The van der Waals surface area contributed by atoms with Gasteiger partial charge in [-0.05, 0) is 52.0 Å². The molecule has 1 aromatic carbocycles. The number of fused-ring (bicyclic) bond motifs is 1. The zero-order valence-corrected chi connectivity index (χ0v) is 12.7. The summed E-state index contributed by atoms with van der Waals surface area (Å²) in [6.45, 7) is 0.420. The molecule has 4 heteroatoms. The number of nitrogens with zero attached hydrogens (tertiary/aromatic N) is 1. The molecule has 1 aliphatic carbocycles. The van der Waals surface area contributed by atoms with Gasteiger partial charge in [-0.2, -0.15) is 0 Å². The molecule has 0 amide bonds. The lowest BCUT2D eigenvalue weighted by atomic mass is 9.75. The van der Waals surface area contributed by atoms with Crippen molar-refractivity contribution in [3.05, 3.63) is 63.9 Å². The standard InChI is InChI=1S/C16H17BrN2O/c17-12-5-6-14(19-9-12)15(20)16(10-18)8-7-11-3-1-2-4-13(11)16/h1-6,9,15,20H,7-8,10,18H2. The van der Waals surface area contributed by atoms with E-state index in [-0.39, 0.29) is 0 Å². The normalized spacial score (nSPS) is 22.6. The molecular formula is C16H17BrN2O. The smallest absolute Gasteiger partial charge is 0.107 e. The number of aryl methyl sites for hydroxylation is 1. The second-order valence-electron chi connectivity index (χ2n) is 5.32. The molecule has 3 N–H and O–H groups in total. The topological polar surface area (TPSA) is 59.1 Å². The van der Waals surface area contributed by atoms with E-state index in [9.17, 15) is 5.11 Å². The molecule has 2 unspecified atom stereocenters. The van der Waals surface area contributed by atoms with Crippen LogP contribution >= 0.6 is 15.9 Å². The van der Waals surface area contributed by atoms with Crippen LogP contribution < -0.4 is 5.73 Å². The minimum absolute atomic E-state index is 0.419. The van der Waals surface area contributed by atoms with Crippen molar-refractivity contribution in [2.75, 3.05) is 6.54 Å². The van der Waals surface area contributed by atoms with Gasteiger partial charge in [0.05, 0.1) is 5.69 Å². The molecule has 0 saturated heterocycles. The summed E-state index contributed by atoms with van der Waals surface area (Å²) < 4.78 is 0.905. The number of pyridine rings is 1. The number of benzene rings is 1. The molecule has 20 heavy (non-hydrogen) atoms. The molecule has 0 aliphatic heterocycles. The molecular weight excluding hydrogens is 316 g/mol. The van der Waals surface area contributed by atoms with E-state index in [4.69, 9.17) is 5.73 Å². The van der Waals surface area contributed by atoms with Crippen LogP contribution in [-0.2, 0) is 11.8 Å². The van der Waals surface area contributed by atoms with Crippen LogP contribution in [0, 0.1) is 0 Å². The summed E-state index contributed by atoms with van der Waals surface area (Å²) in [5.74, 6) is 0. The van der Waals surface area contributed by atoms with E-state index < -0.39 is 11.5 Å². The molecule has 1 aliphatic rings. The summed E-state index contributed by atoms with van der Waals surface area (Å²) in [7, 11) is 0. The molecule has 3 nitrogen and oxygen atoms in total. The van der Waals surface area contributed by atoms with Crippen molar-refractivity contribution in [3.63, 3.8) is 0 Å². The maximum Gasteiger partial charge on any atom is 0.107 e. The summed E-state index contributed by atoms with van der Waals surface area (Å²) in [6, 6.07) is 12.0. The SMILES string of the molecule is NCC1(C(O)c2ccc(Br)cn2)CCc2ccccc21. The van der Waals surface area contributed by atoms with Gasteiger partial charge in [-0.15, -0.1) is 0 Å². The molecule has 1 aromatic heterocycles. The maximum absolute atomic E-state index is 10.9. The number of aliphatic hydroxyl groups excluding tert-OH is 1. The fraction of sp³-hybridized carbons (Fsp3) is 0.312. The van der Waals surface area contributed by atoms with Gasteiger partial charge in [0.15, 0.2) is 0 Å². The van der Waals surface area contributed by atoms with Crippen LogP contribution in [0.3, 0.4) is 0 Å². The van der Waals surface area contributed by atoms with E-state index in [1.807, 2.05) is 24.3 Å². The zero-order valence-electron chi connectivity index (χ0n) is 11.1. The third-order valence-corrected chi connectivity index (χ3v) is 4.78. The average Bonchev–Trinajstić information content (AvgIpc) is 2.87. The molecule has 0 bridgehead atoms. The van der Waals surface area contributed by atoms with Crippen LogP contribution in [0.4, 0.5) is 0 Å². The molecule has 104 valence electrons. The third kappa shape index (κ3) is 2.08. The van der Waals surface area contributed by atoms with Gasteiger partial charge in [-0.25, -0.2) is 0 Å². The number of aromatic nitrogens is 1. The lowest BCUT2D eigenvalue weighted by molar-refractivity contribution is 0.0802. The predicted octanol–water partition coefficient (Wildman–Crippen LogP) is 2.72. The highest BCUT2D eigenvalue weighted by Crippen LogP contribution is 2.46. The third-order valence-electron chi connectivity index (χ3n) is 4.31. The highest BCUT2D eigenvalue weighted by atomic mass is 79.9. The summed E-state index contributed by atoms with van der Waals surface area (Å²) in [4.78, 5) is 4.34. The Bertz CT molecular complexity index is 614. The zero-order chi connectivity index (χ0) is 14.2. The number of rotatable bonds is 3. The predicted molar refractivity (Wildman–Crippen MR) is 82.4 cm³/mol. The number of aliphatic hydroxyl groups is 1. The first-order valence-corrected chi connectivity index (χ1v) is 7.54. The lowest BCUT2D eigenvalue weighted by Crippen LogP contribution is -2.39. The fourth-order valence-corrected chi connectivity index (χ4v) is 3.39. The highest BCUT2D eigenvalue weighted by Gasteiger charge is 2.44. The van der Waals surface area contributed by atoms with Gasteiger partial charge in [0.1, 0.15) is 6.10 Å². The first-order valence-electron chi connectivity index (χ1n) is 6.75. The molecule has 3 rings (SSSR count). The molecule has 1 heterocycles. The van der Waals surface area contributed by atoms with Crippen LogP contribution in [0.1, 0.15) is 29.3 Å². The van der Waals surface area contributed by atoms with E-state index in [0.717, 1.165) is 17.3 Å². The van der Waals surface area contributed by atoms with Crippen LogP contribution in [0.2, 0.25) is 0 Å². The first-order chi connectivity index (χ1) is 9.67. The van der Waals surface area contributed by atoms with E-state index in [1.165, 1.54) is 11.1 Å². The second-order valence-corrected chi connectivity index (χ2v) is 6.24. The van der Waals surface area contributed by atoms with Crippen molar-refractivity contribution < 1.29 is 5.11 Å². The van der Waals surface area contributed by atoms with E-state index in [2.05, 4.69) is 33.0 Å². The maximum atomic E-state index is 10.9. The number of hydrogen-bond acceptors (Lipinski definition) is 3. The monoisotopic (exact) mass is 332 g/mol. The van der Waals surface area contributed by atoms with Crippen LogP contribution in [0.15, 0.2) is 47.1 Å². The van der Waals surface area contributed by atoms with E-state index >= 15 is 0 Å². The Balaban J connectivity index is 2.04. The number of hydrogen-bond donors (Lipinski definition) is 2. The van der Waals surface area contributed by atoms with Gasteiger partial charge < -0.3 is 10.8 Å². The summed E-state index contributed by atoms with van der Waals surface area (Å²) in [6.07, 6.45) is 2.86. The molecule has 0 radical (unpaired) electrons. The summed E-state index contributed by atoms with van der Waals surface area (Å²) in [5, 5.41) is 10.9. The van der Waals surface area contributed by atoms with Crippen LogP contribution in [0.5, 0.6) is 0 Å². The lowest BCUT2D eigenvalue weighted by Gasteiger charge is -2.34. The molecule has 0 fully saturated rings. The fourth-order valence-electron chi connectivity index (χ4n) is 3.16. The largest absolute Gasteiger partial charge is 0.386 e. The Morgan fingerprint density at radius 2 is 2.10 bits per heavy atom. The van der Waals surface area contributed by atoms with Gasteiger partial charge in [0.25, 0.3) is 0 Å². The Kier molecular flexibility index (Phi) is 3.63. The Labute approximate surface area is 127 Å². The van der Waals surface area contributed by atoms with Gasteiger partial charge in [-0.1, -0.05) is 24.3 Å². The van der Waals surface area contributed by atoms with E-state index in [0.29, 0.717) is 12.2 Å². The van der Waals surface area contributed by atoms with Crippen LogP contribution in [-0.4, -0.2) is 16.6 Å². The number of halogens is 1. The van der Waals surface area contributed by atoms with Crippen molar-refractivity contribution in [2.24, 2.45) is 5.73 Å². The van der Waals surface area contributed by atoms with Gasteiger partial charge in [0, 0.05) is 22.6 Å². The number of nitrogens with two attached hydrogens (primary N) is 1. The summed E-state index contributed by atoms with van der Waals surface area (Å²) >= 11 is 3.37. The Morgan fingerprint density at radius 1 is 1.30 bits per heavy atom. The average molecular weight is 333 g/mol. The Morgan fingerprint density at radius 3 is 2.80 bits per heavy atom. The quantitative estimate of drug-likeness (QED) is 0.908. The first kappa shape index (κ1) is 13.7. The van der Waals surface area contributed by atoms with E-state index in [1.54, 1.807) is 6.20 Å². The second kappa shape index (κ2) is 5.28. The van der Waals surface area contributed by atoms with Gasteiger partial charge >= 0.3 is 0 Å². The van der Waals surface area contributed by atoms with Crippen molar-refractivity contribution in [2.45, 2.75) is 24.4 Å². The molecule has 2 aromatic rings. The van der Waals surface area contributed by atoms with Crippen molar-refractivity contribution in [1.82, 2.24) is 4.98 Å². The minimum atomic E-state index is -0.677. The minimum Gasteiger partial charge on any atom is -0.386 e. The van der Waals surface area contributed by atoms with Gasteiger partial charge in [0.2, 0.25) is 0 Å². The van der Waals surface area contributed by atoms with Crippen LogP contribution in [0.25, 0.3) is 0 Å². The van der Waals surface area contributed by atoms with Gasteiger partial charge in [-0.3, -0.25) is 4.98 Å². The van der Waals surface area contributed by atoms with Crippen molar-refractivity contribution in [1.29, 1.82) is 0 Å². The molecule has 2 atom stereocenters. The van der Waals surface area contributed by atoms with Crippen molar-refractivity contribution >= 4 is 15.9 Å². The highest BCUT2D eigenvalue weighted by molar-refractivity contribution is 9.10.